The Balaban J connectivity index is 2.27. The molecule has 1 aliphatic heterocycles. The Hall–Kier alpha value is -2.95. The van der Waals surface area contributed by atoms with Crippen molar-refractivity contribution in [1.29, 1.82) is 0 Å². The standard InChI is InChI=1S/C17H15FN2O7/c1-26-16(24)10-8(7-5-3-2-4-6-7)9-11(20-19-10)17(25)27-14(12(9)21)13(22)15(18)23/h2-6,12-15,21-23H,1H3. The van der Waals surface area contributed by atoms with Gasteiger partial charge in [0, 0.05) is 11.1 Å². The van der Waals surface area contributed by atoms with Crippen LogP contribution in [0.25, 0.3) is 11.1 Å². The van der Waals surface area contributed by atoms with Crippen molar-refractivity contribution in [2.75, 3.05) is 7.11 Å². The van der Waals surface area contributed by atoms with E-state index in [-0.39, 0.29) is 16.8 Å². The quantitative estimate of drug-likeness (QED) is 0.634. The number of aliphatic hydroxyl groups is 3. The van der Waals surface area contributed by atoms with E-state index >= 15 is 0 Å². The van der Waals surface area contributed by atoms with Crippen molar-refractivity contribution in [3.8, 4) is 11.1 Å². The lowest BCUT2D eigenvalue weighted by atomic mass is 9.88. The molecule has 10 heteroatoms. The molecule has 0 fully saturated rings. The minimum absolute atomic E-state index is 0.0298. The van der Waals surface area contributed by atoms with Crippen molar-refractivity contribution in [2.45, 2.75) is 24.7 Å². The van der Waals surface area contributed by atoms with Gasteiger partial charge in [0.1, 0.15) is 12.2 Å². The summed E-state index contributed by atoms with van der Waals surface area (Å²) in [6.45, 7) is 0. The average Bonchev–Trinajstić information content (AvgIpc) is 2.69. The van der Waals surface area contributed by atoms with E-state index in [2.05, 4.69) is 14.9 Å². The number of halogens is 1. The van der Waals surface area contributed by atoms with Gasteiger partial charge < -0.3 is 24.8 Å². The van der Waals surface area contributed by atoms with Crippen LogP contribution in [0.3, 0.4) is 0 Å². The summed E-state index contributed by atoms with van der Waals surface area (Å²) in [6.07, 6.45) is -8.58. The first-order valence-electron chi connectivity index (χ1n) is 7.80. The molecule has 0 radical (unpaired) electrons. The fourth-order valence-electron chi connectivity index (χ4n) is 2.85. The highest BCUT2D eigenvalue weighted by atomic mass is 19.1. The lowest BCUT2D eigenvalue weighted by molar-refractivity contribution is -0.151. The van der Waals surface area contributed by atoms with E-state index in [1.807, 2.05) is 0 Å². The molecule has 0 saturated heterocycles. The van der Waals surface area contributed by atoms with Gasteiger partial charge in [0.15, 0.2) is 17.5 Å². The van der Waals surface area contributed by atoms with Gasteiger partial charge in [-0.3, -0.25) is 0 Å². The fraction of sp³-hybridized carbons (Fsp3) is 0.294. The van der Waals surface area contributed by atoms with Crippen LogP contribution in [0.5, 0.6) is 0 Å². The second-order valence-electron chi connectivity index (χ2n) is 5.72. The molecule has 9 nitrogen and oxygen atoms in total. The molecule has 3 rings (SSSR count). The Morgan fingerprint density at radius 1 is 1.26 bits per heavy atom. The minimum atomic E-state index is -2.77. The average molecular weight is 378 g/mol. The highest BCUT2D eigenvalue weighted by Gasteiger charge is 2.45. The van der Waals surface area contributed by atoms with E-state index in [0.29, 0.717) is 5.56 Å². The van der Waals surface area contributed by atoms with Crippen molar-refractivity contribution in [2.24, 2.45) is 0 Å². The number of fused-ring (bicyclic) bond motifs is 1. The summed E-state index contributed by atoms with van der Waals surface area (Å²) in [6, 6.07) is 8.18. The number of aliphatic hydroxyl groups excluding tert-OH is 3. The molecular weight excluding hydrogens is 363 g/mol. The number of hydrogen-bond donors (Lipinski definition) is 3. The highest BCUT2D eigenvalue weighted by molar-refractivity contribution is 6.00. The summed E-state index contributed by atoms with van der Waals surface area (Å²) in [7, 11) is 1.12. The largest absolute Gasteiger partial charge is 0.464 e. The van der Waals surface area contributed by atoms with Gasteiger partial charge in [-0.15, -0.1) is 10.2 Å². The maximum absolute atomic E-state index is 13.1. The molecule has 27 heavy (non-hydrogen) atoms. The van der Waals surface area contributed by atoms with Gasteiger partial charge in [-0.25, -0.2) is 14.0 Å². The number of methoxy groups -OCH3 is 1. The molecule has 4 atom stereocenters. The Morgan fingerprint density at radius 3 is 2.52 bits per heavy atom. The van der Waals surface area contributed by atoms with E-state index in [1.54, 1.807) is 30.3 Å². The highest BCUT2D eigenvalue weighted by Crippen LogP contribution is 2.39. The van der Waals surface area contributed by atoms with Crippen molar-refractivity contribution < 1.29 is 38.8 Å². The summed E-state index contributed by atoms with van der Waals surface area (Å²) >= 11 is 0. The van der Waals surface area contributed by atoms with E-state index in [4.69, 9.17) is 9.84 Å². The van der Waals surface area contributed by atoms with E-state index < -0.39 is 42.3 Å². The van der Waals surface area contributed by atoms with Crippen molar-refractivity contribution >= 4 is 11.9 Å². The Labute approximate surface area is 152 Å². The van der Waals surface area contributed by atoms with E-state index in [9.17, 15) is 24.2 Å². The number of ether oxygens (including phenoxy) is 2. The maximum Gasteiger partial charge on any atom is 0.359 e. The number of alkyl halides is 1. The SMILES string of the molecule is COC(=O)c1nnc2c(c1-c1ccccc1)C(O)C(C(O)C(O)F)OC2=O. The number of rotatable bonds is 4. The van der Waals surface area contributed by atoms with Gasteiger partial charge >= 0.3 is 11.9 Å². The predicted octanol–water partition coefficient (Wildman–Crippen LogP) is 0.151. The van der Waals surface area contributed by atoms with Gasteiger partial charge in [0.05, 0.1) is 7.11 Å². The summed E-state index contributed by atoms with van der Waals surface area (Å²) in [5.74, 6) is -1.97. The van der Waals surface area contributed by atoms with Gasteiger partial charge in [0.25, 0.3) is 0 Å². The number of hydrogen-bond acceptors (Lipinski definition) is 9. The van der Waals surface area contributed by atoms with Gasteiger partial charge in [0.2, 0.25) is 6.36 Å². The molecule has 0 spiro atoms. The van der Waals surface area contributed by atoms with Crippen LogP contribution in [0.2, 0.25) is 0 Å². The zero-order valence-corrected chi connectivity index (χ0v) is 13.9. The lowest BCUT2D eigenvalue weighted by Gasteiger charge is -2.33. The first kappa shape index (κ1) is 18.8. The lowest BCUT2D eigenvalue weighted by Crippen LogP contribution is -2.46. The molecule has 1 aromatic carbocycles. The number of cyclic esters (lactones) is 1. The summed E-state index contributed by atoms with van der Waals surface area (Å²) in [4.78, 5) is 24.4. The predicted molar refractivity (Wildman–Crippen MR) is 86.1 cm³/mol. The second-order valence-corrected chi connectivity index (χ2v) is 5.72. The molecule has 4 unspecified atom stereocenters. The zero-order valence-electron chi connectivity index (χ0n) is 13.9. The van der Waals surface area contributed by atoms with Gasteiger partial charge in [-0.2, -0.15) is 0 Å². The van der Waals surface area contributed by atoms with Crippen molar-refractivity contribution in [1.82, 2.24) is 10.2 Å². The zero-order chi connectivity index (χ0) is 19.7. The van der Waals surface area contributed by atoms with Crippen LogP contribution in [0.4, 0.5) is 4.39 Å². The molecule has 0 saturated carbocycles. The summed E-state index contributed by atoms with van der Waals surface area (Å²) in [5, 5.41) is 36.7. The number of carbonyl (C=O) groups is 2. The maximum atomic E-state index is 13.1. The second kappa shape index (κ2) is 7.35. The third-order valence-electron chi connectivity index (χ3n) is 4.11. The Morgan fingerprint density at radius 2 is 1.93 bits per heavy atom. The van der Waals surface area contributed by atoms with Crippen LogP contribution in [0.1, 0.15) is 32.6 Å². The summed E-state index contributed by atoms with van der Waals surface area (Å²) < 4.78 is 22.6. The first-order chi connectivity index (χ1) is 12.9. The molecule has 142 valence electrons. The molecule has 0 aliphatic carbocycles. The molecule has 0 bridgehead atoms. The monoisotopic (exact) mass is 378 g/mol. The number of nitrogens with zero attached hydrogens (tertiary/aromatic N) is 2. The molecule has 1 aliphatic rings. The van der Waals surface area contributed by atoms with Crippen LogP contribution in [0.15, 0.2) is 30.3 Å². The van der Waals surface area contributed by atoms with Crippen LogP contribution in [-0.2, 0) is 9.47 Å². The Bertz CT molecular complexity index is 875. The molecule has 2 aromatic rings. The number of esters is 2. The minimum Gasteiger partial charge on any atom is -0.464 e. The van der Waals surface area contributed by atoms with Crippen LogP contribution >= 0.6 is 0 Å². The number of carbonyl (C=O) groups excluding carboxylic acids is 2. The molecular formula is C17H15FN2O7. The van der Waals surface area contributed by atoms with Crippen LogP contribution < -0.4 is 0 Å². The molecule has 1 aromatic heterocycles. The molecule has 0 amide bonds. The third-order valence-corrected chi connectivity index (χ3v) is 4.11. The third kappa shape index (κ3) is 3.25. The van der Waals surface area contributed by atoms with E-state index in [0.717, 1.165) is 7.11 Å². The number of benzene rings is 1. The van der Waals surface area contributed by atoms with Gasteiger partial charge in [-0.05, 0) is 5.56 Å². The van der Waals surface area contributed by atoms with Crippen molar-refractivity contribution in [3.05, 3.63) is 47.3 Å². The normalized spacial score (nSPS) is 21.0. The first-order valence-corrected chi connectivity index (χ1v) is 7.80. The molecule has 3 N–H and O–H groups in total. The van der Waals surface area contributed by atoms with Crippen LogP contribution in [0, 0.1) is 0 Å². The topological polar surface area (TPSA) is 139 Å². The van der Waals surface area contributed by atoms with Crippen molar-refractivity contribution in [3.63, 3.8) is 0 Å². The fourth-order valence-corrected chi connectivity index (χ4v) is 2.85. The molecule has 2 heterocycles. The van der Waals surface area contributed by atoms with Crippen LogP contribution in [-0.4, -0.2) is 63.1 Å². The number of aromatic nitrogens is 2. The van der Waals surface area contributed by atoms with E-state index in [1.165, 1.54) is 0 Å². The smallest absolute Gasteiger partial charge is 0.359 e. The van der Waals surface area contributed by atoms with Gasteiger partial charge in [-0.1, -0.05) is 30.3 Å². The summed E-state index contributed by atoms with van der Waals surface area (Å²) in [5.41, 5.74) is -0.442. The Kier molecular flexibility index (Phi) is 5.13.